The lowest BCUT2D eigenvalue weighted by Gasteiger charge is -2.35. The Morgan fingerprint density at radius 2 is 1.73 bits per heavy atom. The third kappa shape index (κ3) is 5.02. The van der Waals surface area contributed by atoms with Crippen molar-refractivity contribution in [1.82, 2.24) is 19.8 Å². The van der Waals surface area contributed by atoms with Gasteiger partial charge in [0.15, 0.2) is 0 Å². The zero-order valence-corrected chi connectivity index (χ0v) is 15.4. The first-order valence-electron chi connectivity index (χ1n) is 9.32. The van der Waals surface area contributed by atoms with Gasteiger partial charge in [-0.3, -0.25) is 9.69 Å². The molecular weight excluding hydrogens is 326 g/mol. The number of hydrogen-bond acceptors (Lipinski definition) is 5. The highest BCUT2D eigenvalue weighted by Crippen LogP contribution is 2.11. The van der Waals surface area contributed by atoms with E-state index in [1.165, 1.54) is 5.56 Å². The molecular formula is C20H27N5O. The minimum atomic E-state index is 0.211. The predicted molar refractivity (Wildman–Crippen MR) is 103 cm³/mol. The standard InChI is InChI=1S/C20H27N5O/c1-2-11-23(16-18-7-4-3-5-8-18)17-19(26)24-12-14-25(15-13-24)20-21-9-6-10-22-20/h3-10H,2,11-17H2,1H3. The Morgan fingerprint density at radius 1 is 1.04 bits per heavy atom. The lowest BCUT2D eigenvalue weighted by atomic mass is 10.2. The maximum absolute atomic E-state index is 12.8. The van der Waals surface area contributed by atoms with E-state index in [9.17, 15) is 4.79 Å². The first-order chi connectivity index (χ1) is 12.8. The molecule has 2 aromatic rings. The highest BCUT2D eigenvalue weighted by molar-refractivity contribution is 5.78. The van der Waals surface area contributed by atoms with Crippen molar-refractivity contribution < 1.29 is 4.79 Å². The van der Waals surface area contributed by atoms with Crippen LogP contribution >= 0.6 is 0 Å². The minimum absolute atomic E-state index is 0.211. The summed E-state index contributed by atoms with van der Waals surface area (Å²) < 4.78 is 0. The number of amides is 1. The monoisotopic (exact) mass is 353 g/mol. The van der Waals surface area contributed by atoms with Crippen LogP contribution < -0.4 is 4.90 Å². The molecule has 1 aliphatic heterocycles. The van der Waals surface area contributed by atoms with E-state index in [1.807, 2.05) is 29.2 Å². The number of benzene rings is 1. The van der Waals surface area contributed by atoms with Gasteiger partial charge in [0.05, 0.1) is 6.54 Å². The SMILES string of the molecule is CCCN(CC(=O)N1CCN(c2ncccn2)CC1)Cc1ccccc1. The summed E-state index contributed by atoms with van der Waals surface area (Å²) in [4.78, 5) is 27.7. The van der Waals surface area contributed by atoms with E-state index >= 15 is 0 Å². The van der Waals surface area contributed by atoms with Gasteiger partial charge in [-0.05, 0) is 24.6 Å². The fourth-order valence-electron chi connectivity index (χ4n) is 3.27. The Hall–Kier alpha value is -2.47. The molecule has 1 saturated heterocycles. The Balaban J connectivity index is 1.52. The summed E-state index contributed by atoms with van der Waals surface area (Å²) in [5, 5.41) is 0. The van der Waals surface area contributed by atoms with Gasteiger partial charge in [-0.2, -0.15) is 0 Å². The number of carbonyl (C=O) groups is 1. The van der Waals surface area contributed by atoms with Crippen LogP contribution in [0.4, 0.5) is 5.95 Å². The highest BCUT2D eigenvalue weighted by atomic mass is 16.2. The number of carbonyl (C=O) groups excluding carboxylic acids is 1. The molecule has 0 N–H and O–H groups in total. The molecule has 0 atom stereocenters. The van der Waals surface area contributed by atoms with Crippen LogP contribution in [-0.2, 0) is 11.3 Å². The second kappa shape index (κ2) is 9.29. The van der Waals surface area contributed by atoms with Crippen LogP contribution in [0.2, 0.25) is 0 Å². The molecule has 26 heavy (non-hydrogen) atoms. The van der Waals surface area contributed by atoms with Crippen LogP contribution in [-0.4, -0.2) is 64.9 Å². The fraction of sp³-hybridized carbons (Fsp3) is 0.450. The maximum atomic E-state index is 12.8. The summed E-state index contributed by atoms with van der Waals surface area (Å²) in [6.07, 6.45) is 4.55. The summed E-state index contributed by atoms with van der Waals surface area (Å²) in [6.45, 7) is 7.39. The van der Waals surface area contributed by atoms with Crippen molar-refractivity contribution in [2.45, 2.75) is 19.9 Å². The van der Waals surface area contributed by atoms with E-state index in [-0.39, 0.29) is 5.91 Å². The molecule has 0 spiro atoms. The van der Waals surface area contributed by atoms with Crippen LogP contribution in [0.1, 0.15) is 18.9 Å². The van der Waals surface area contributed by atoms with E-state index in [1.54, 1.807) is 12.4 Å². The third-order valence-electron chi connectivity index (χ3n) is 4.62. The molecule has 6 heteroatoms. The number of hydrogen-bond donors (Lipinski definition) is 0. The van der Waals surface area contributed by atoms with E-state index in [4.69, 9.17) is 0 Å². The molecule has 1 amide bonds. The third-order valence-corrected chi connectivity index (χ3v) is 4.62. The van der Waals surface area contributed by atoms with Crippen molar-refractivity contribution >= 4 is 11.9 Å². The van der Waals surface area contributed by atoms with Crippen molar-refractivity contribution in [3.63, 3.8) is 0 Å². The van der Waals surface area contributed by atoms with Crippen LogP contribution in [0.5, 0.6) is 0 Å². The van der Waals surface area contributed by atoms with Crippen molar-refractivity contribution in [2.24, 2.45) is 0 Å². The lowest BCUT2D eigenvalue weighted by Crippen LogP contribution is -2.51. The quantitative estimate of drug-likeness (QED) is 0.762. The zero-order chi connectivity index (χ0) is 18.2. The van der Waals surface area contributed by atoms with Gasteiger partial charge < -0.3 is 9.80 Å². The molecule has 0 saturated carbocycles. The molecule has 1 aromatic carbocycles. The summed E-state index contributed by atoms with van der Waals surface area (Å²) in [5.41, 5.74) is 1.25. The summed E-state index contributed by atoms with van der Waals surface area (Å²) in [5.74, 6) is 0.958. The topological polar surface area (TPSA) is 52.6 Å². The molecule has 0 radical (unpaired) electrons. The van der Waals surface area contributed by atoms with Crippen molar-refractivity contribution in [3.8, 4) is 0 Å². The fourth-order valence-corrected chi connectivity index (χ4v) is 3.27. The second-order valence-electron chi connectivity index (χ2n) is 6.61. The zero-order valence-electron chi connectivity index (χ0n) is 15.4. The Labute approximate surface area is 155 Å². The Bertz CT molecular complexity index is 671. The summed E-state index contributed by atoms with van der Waals surface area (Å²) >= 11 is 0. The maximum Gasteiger partial charge on any atom is 0.236 e. The lowest BCUT2D eigenvalue weighted by molar-refractivity contribution is -0.132. The molecule has 0 bridgehead atoms. The van der Waals surface area contributed by atoms with E-state index in [0.29, 0.717) is 6.54 Å². The Morgan fingerprint density at radius 3 is 2.38 bits per heavy atom. The van der Waals surface area contributed by atoms with Gasteiger partial charge in [-0.1, -0.05) is 37.3 Å². The number of anilines is 1. The largest absolute Gasteiger partial charge is 0.338 e. The molecule has 1 aromatic heterocycles. The molecule has 6 nitrogen and oxygen atoms in total. The predicted octanol–water partition coefficient (Wildman–Crippen LogP) is 2.04. The smallest absolute Gasteiger partial charge is 0.236 e. The first kappa shape index (κ1) is 18.3. The number of aromatic nitrogens is 2. The molecule has 1 fully saturated rings. The summed E-state index contributed by atoms with van der Waals surface area (Å²) in [6, 6.07) is 12.2. The van der Waals surface area contributed by atoms with E-state index < -0.39 is 0 Å². The molecule has 138 valence electrons. The van der Waals surface area contributed by atoms with Crippen LogP contribution in [0.15, 0.2) is 48.8 Å². The van der Waals surface area contributed by atoms with Crippen molar-refractivity contribution in [2.75, 3.05) is 44.2 Å². The Kier molecular flexibility index (Phi) is 6.55. The van der Waals surface area contributed by atoms with E-state index in [0.717, 1.165) is 51.6 Å². The van der Waals surface area contributed by atoms with Gasteiger partial charge in [-0.25, -0.2) is 9.97 Å². The molecule has 3 rings (SSSR count). The van der Waals surface area contributed by atoms with Gasteiger partial charge >= 0.3 is 0 Å². The number of rotatable bonds is 7. The van der Waals surface area contributed by atoms with Crippen LogP contribution in [0, 0.1) is 0 Å². The molecule has 2 heterocycles. The second-order valence-corrected chi connectivity index (χ2v) is 6.61. The van der Waals surface area contributed by atoms with Gasteiger partial charge in [0, 0.05) is 45.1 Å². The highest BCUT2D eigenvalue weighted by Gasteiger charge is 2.23. The van der Waals surface area contributed by atoms with Crippen LogP contribution in [0.25, 0.3) is 0 Å². The average Bonchev–Trinajstić information content (AvgIpc) is 2.70. The van der Waals surface area contributed by atoms with Gasteiger partial charge in [0.25, 0.3) is 0 Å². The minimum Gasteiger partial charge on any atom is -0.338 e. The molecule has 0 unspecified atom stereocenters. The number of nitrogens with zero attached hydrogens (tertiary/aromatic N) is 5. The number of piperazine rings is 1. The van der Waals surface area contributed by atoms with E-state index in [2.05, 4.69) is 38.8 Å². The van der Waals surface area contributed by atoms with Gasteiger partial charge in [0.1, 0.15) is 0 Å². The first-order valence-corrected chi connectivity index (χ1v) is 9.32. The summed E-state index contributed by atoms with van der Waals surface area (Å²) in [7, 11) is 0. The van der Waals surface area contributed by atoms with Gasteiger partial charge in [0.2, 0.25) is 11.9 Å². The average molecular weight is 353 g/mol. The van der Waals surface area contributed by atoms with Crippen LogP contribution in [0.3, 0.4) is 0 Å². The molecule has 0 aliphatic carbocycles. The van der Waals surface area contributed by atoms with Gasteiger partial charge in [-0.15, -0.1) is 0 Å². The van der Waals surface area contributed by atoms with Crippen molar-refractivity contribution in [3.05, 3.63) is 54.4 Å². The normalized spacial score (nSPS) is 14.7. The van der Waals surface area contributed by atoms with Crippen molar-refractivity contribution in [1.29, 1.82) is 0 Å². The molecule has 1 aliphatic rings.